The van der Waals surface area contributed by atoms with Crippen molar-refractivity contribution in [2.75, 3.05) is 11.5 Å². The van der Waals surface area contributed by atoms with Crippen LogP contribution in [0.25, 0.3) is 6.08 Å². The number of carboxylic acid groups (broad SMARTS) is 1. The average Bonchev–Trinajstić information content (AvgIpc) is 3.80. The number of carbonyl (C=O) groups excluding carboxylic acids is 1. The third-order valence-electron chi connectivity index (χ3n) is 11.8. The molecule has 1 aliphatic carbocycles. The van der Waals surface area contributed by atoms with Gasteiger partial charge in [0.1, 0.15) is 36.2 Å². The number of aliphatic hydroxyl groups excluding tert-OH is 4. The molecule has 3 heterocycles. The summed E-state index contributed by atoms with van der Waals surface area (Å²) in [4.78, 5) is 36.5. The Hall–Kier alpha value is -5.25. The number of aromatic amines is 1. The Bertz CT molecular complexity index is 2090. The molecule has 57 heavy (non-hydrogen) atoms. The van der Waals surface area contributed by atoms with Gasteiger partial charge in [0, 0.05) is 35.7 Å². The number of amides is 1. The van der Waals surface area contributed by atoms with Crippen molar-refractivity contribution in [2.24, 2.45) is 0 Å². The Kier molecular flexibility index (Phi) is 11.7. The van der Waals surface area contributed by atoms with E-state index in [1.807, 2.05) is 25.1 Å². The van der Waals surface area contributed by atoms with Crippen molar-refractivity contribution in [2.45, 2.75) is 106 Å². The number of hydrogen-bond donors (Lipinski definition) is 8. The second-order valence-corrected chi connectivity index (χ2v) is 15.3. The van der Waals surface area contributed by atoms with Crippen LogP contribution in [0.1, 0.15) is 85.0 Å². The van der Waals surface area contributed by atoms with E-state index in [0.29, 0.717) is 36.0 Å². The van der Waals surface area contributed by atoms with Crippen LogP contribution >= 0.6 is 0 Å². The maximum atomic E-state index is 14.4. The molecule has 3 aliphatic rings. The quantitative estimate of drug-likeness (QED) is 0.0954. The Morgan fingerprint density at radius 2 is 1.74 bits per heavy atom. The number of aliphatic carboxylic acids is 1. The second kappa shape index (κ2) is 16.7. The number of H-pyrrole nitrogens is 1. The third-order valence-corrected chi connectivity index (χ3v) is 11.8. The van der Waals surface area contributed by atoms with Crippen LogP contribution in [0.2, 0.25) is 0 Å². The molecule has 1 saturated heterocycles. The van der Waals surface area contributed by atoms with E-state index in [1.54, 1.807) is 24.5 Å². The van der Waals surface area contributed by atoms with Gasteiger partial charge in [-0.3, -0.25) is 9.69 Å². The molecule has 8 N–H and O–H groups in total. The van der Waals surface area contributed by atoms with Crippen LogP contribution in [-0.2, 0) is 32.6 Å². The van der Waals surface area contributed by atoms with Crippen LogP contribution in [0.4, 0.5) is 5.69 Å². The normalized spacial score (nSPS) is 25.7. The lowest BCUT2D eigenvalue weighted by Gasteiger charge is -2.41. The van der Waals surface area contributed by atoms with E-state index in [0.717, 1.165) is 49.1 Å². The van der Waals surface area contributed by atoms with Crippen LogP contribution in [0, 0.1) is 0 Å². The van der Waals surface area contributed by atoms with Gasteiger partial charge in [-0.1, -0.05) is 62.6 Å². The molecule has 0 bridgehead atoms. The lowest BCUT2D eigenvalue weighted by molar-refractivity contribution is -0.277. The van der Waals surface area contributed by atoms with E-state index in [2.05, 4.69) is 22.1 Å². The number of aryl methyl sites for hydroxylation is 1. The number of benzene rings is 3. The van der Waals surface area contributed by atoms with Gasteiger partial charge in [0.05, 0.1) is 24.3 Å². The Morgan fingerprint density at radius 3 is 2.44 bits per heavy atom. The molecule has 14 heteroatoms. The van der Waals surface area contributed by atoms with Crippen LogP contribution in [0.15, 0.2) is 73.1 Å². The highest BCUT2D eigenvalue weighted by Crippen LogP contribution is 2.54. The molecule has 7 rings (SSSR count). The summed E-state index contributed by atoms with van der Waals surface area (Å²) in [6.45, 7) is 1.28. The first-order valence-corrected chi connectivity index (χ1v) is 19.4. The smallest absolute Gasteiger partial charge is 0.327 e. The average molecular weight is 784 g/mol. The zero-order valence-electron chi connectivity index (χ0n) is 31.6. The first kappa shape index (κ1) is 40.0. The van der Waals surface area contributed by atoms with Crippen LogP contribution in [0.5, 0.6) is 17.2 Å². The molecular weight excluding hydrogens is 734 g/mol. The highest BCUT2D eigenvalue weighted by molar-refractivity contribution is 6.10. The number of aromatic nitrogens is 2. The molecule has 1 aromatic heterocycles. The summed E-state index contributed by atoms with van der Waals surface area (Å²) in [5.74, 6) is -3.31. The summed E-state index contributed by atoms with van der Waals surface area (Å²) < 4.78 is 11.4. The SMILES string of the molecule is CCc1nc[nH]c1Cc1cc(/C=C/C(=O)N2c3cc(O[C@@H]4O[C@H](CO)[C@@H](O)[C@H](O)[C@H]4O)c(O)cc3[C@@H](CC3(c4ccccc4)CCCCC3)[C@@H]2C(=O)O)ccc1O. The zero-order valence-corrected chi connectivity index (χ0v) is 31.6. The predicted molar refractivity (Wildman–Crippen MR) is 208 cm³/mol. The van der Waals surface area contributed by atoms with E-state index < -0.39 is 72.3 Å². The fourth-order valence-electron chi connectivity index (χ4n) is 8.87. The van der Waals surface area contributed by atoms with E-state index in [9.17, 15) is 45.3 Å². The van der Waals surface area contributed by atoms with Crippen LogP contribution < -0.4 is 9.64 Å². The standard InChI is InChI=1S/C43H49N3O11/c1-2-29-30(45-23-44-29)18-25-17-24(11-13-32(25)48)12-14-36(50)46-31-20-34(56-42-40(53)39(52)38(51)35(22-47)57-42)33(49)19-27(31)28(37(46)41(54)55)21-43(15-7-4-8-16-43)26-9-5-3-6-10-26/h3,5-6,9-14,17,19-20,23,28,35,37-40,42,47-49,51-53H,2,4,7-8,15-16,18,21-22H2,1H3,(H,44,45)(H,54,55)/b14-12+/t28-,35-,37-,38-,39+,40-,42-/m1/s1. The van der Waals surface area contributed by atoms with E-state index in [-0.39, 0.29) is 17.2 Å². The molecule has 0 spiro atoms. The van der Waals surface area contributed by atoms with E-state index in [4.69, 9.17) is 9.47 Å². The van der Waals surface area contributed by atoms with Gasteiger partial charge >= 0.3 is 5.97 Å². The summed E-state index contributed by atoms with van der Waals surface area (Å²) in [6.07, 6.45) is 2.32. The van der Waals surface area contributed by atoms with E-state index >= 15 is 0 Å². The van der Waals surface area contributed by atoms with Crippen molar-refractivity contribution in [1.29, 1.82) is 0 Å². The summed E-state index contributed by atoms with van der Waals surface area (Å²) in [5, 5.41) is 74.1. The number of rotatable bonds is 12. The number of carbonyl (C=O) groups is 2. The van der Waals surface area contributed by atoms with Gasteiger partial charge in [-0.2, -0.15) is 0 Å². The largest absolute Gasteiger partial charge is 0.508 e. The number of aliphatic hydroxyl groups is 4. The van der Waals surface area contributed by atoms with Crippen molar-refractivity contribution in [3.05, 3.63) is 107 Å². The number of nitrogens with one attached hydrogen (secondary N) is 1. The van der Waals surface area contributed by atoms with Gasteiger partial charge in [-0.15, -0.1) is 0 Å². The number of anilines is 1. The molecule has 1 saturated carbocycles. The molecule has 14 nitrogen and oxygen atoms in total. The molecular formula is C43H49N3O11. The van der Waals surface area contributed by atoms with Crippen molar-refractivity contribution >= 4 is 23.6 Å². The van der Waals surface area contributed by atoms with E-state index in [1.165, 1.54) is 29.2 Å². The number of phenolic OH excluding ortho intramolecular Hbond substituents is 2. The monoisotopic (exact) mass is 783 g/mol. The fourth-order valence-corrected chi connectivity index (χ4v) is 8.87. The highest BCUT2D eigenvalue weighted by Gasteiger charge is 2.51. The van der Waals surface area contributed by atoms with Gasteiger partial charge in [0.2, 0.25) is 6.29 Å². The molecule has 4 aromatic rings. The first-order chi connectivity index (χ1) is 27.4. The highest BCUT2D eigenvalue weighted by atomic mass is 16.7. The predicted octanol–water partition coefficient (Wildman–Crippen LogP) is 4.04. The molecule has 0 radical (unpaired) electrons. The van der Waals surface area contributed by atoms with Gasteiger partial charge in [0.15, 0.2) is 11.5 Å². The maximum Gasteiger partial charge on any atom is 0.327 e. The number of phenols is 2. The number of ether oxygens (including phenoxy) is 2. The van der Waals surface area contributed by atoms with Gasteiger partial charge in [-0.05, 0) is 72.1 Å². The lowest BCUT2D eigenvalue weighted by atomic mass is 9.63. The van der Waals surface area contributed by atoms with Gasteiger partial charge in [-0.25, -0.2) is 9.78 Å². The Balaban J connectivity index is 1.27. The number of imidazole rings is 1. The lowest BCUT2D eigenvalue weighted by Crippen LogP contribution is -2.60. The van der Waals surface area contributed by atoms with Crippen molar-refractivity contribution in [3.8, 4) is 17.2 Å². The zero-order chi connectivity index (χ0) is 40.4. The summed E-state index contributed by atoms with van der Waals surface area (Å²) in [6, 6.07) is 16.2. The number of carboxylic acids is 1. The van der Waals surface area contributed by atoms with Gasteiger partial charge in [0.25, 0.3) is 5.91 Å². The molecule has 3 aromatic carbocycles. The first-order valence-electron chi connectivity index (χ1n) is 19.4. The Morgan fingerprint density at radius 1 is 0.982 bits per heavy atom. The molecule has 7 atom stereocenters. The number of nitrogens with zero attached hydrogens (tertiary/aromatic N) is 2. The topological polar surface area (TPSA) is 226 Å². The maximum absolute atomic E-state index is 14.4. The minimum atomic E-state index is -1.79. The number of hydrogen-bond acceptors (Lipinski definition) is 11. The third kappa shape index (κ3) is 7.88. The van der Waals surface area contributed by atoms with Crippen molar-refractivity contribution < 1.29 is 54.8 Å². The second-order valence-electron chi connectivity index (χ2n) is 15.3. The molecule has 0 unspecified atom stereocenters. The molecule has 2 fully saturated rings. The van der Waals surface area contributed by atoms with Crippen molar-refractivity contribution in [1.82, 2.24) is 9.97 Å². The molecule has 2 aliphatic heterocycles. The van der Waals surface area contributed by atoms with Crippen LogP contribution in [-0.4, -0.2) is 101 Å². The molecule has 1 amide bonds. The van der Waals surface area contributed by atoms with Crippen LogP contribution in [0.3, 0.4) is 0 Å². The minimum absolute atomic E-state index is 0.0687. The summed E-state index contributed by atoms with van der Waals surface area (Å²) in [5.41, 5.74) is 4.16. The minimum Gasteiger partial charge on any atom is -0.508 e. The van der Waals surface area contributed by atoms with Crippen molar-refractivity contribution in [3.63, 3.8) is 0 Å². The van der Waals surface area contributed by atoms with Gasteiger partial charge < -0.3 is 50.2 Å². The Labute approximate surface area is 329 Å². The summed E-state index contributed by atoms with van der Waals surface area (Å²) >= 11 is 0. The number of fused-ring (bicyclic) bond motifs is 1. The fraction of sp³-hybridized carbons (Fsp3) is 0.419. The molecule has 302 valence electrons. The number of aromatic hydroxyl groups is 2. The summed E-state index contributed by atoms with van der Waals surface area (Å²) in [7, 11) is 0.